The molecule has 0 saturated heterocycles. The third kappa shape index (κ3) is 5.84. The maximum Gasteiger partial charge on any atom is 0.137 e. The van der Waals surface area contributed by atoms with Crippen LogP contribution in [0, 0.1) is 0 Å². The van der Waals surface area contributed by atoms with E-state index in [1.54, 1.807) is 0 Å². The van der Waals surface area contributed by atoms with E-state index in [9.17, 15) is 0 Å². The highest BCUT2D eigenvalue weighted by molar-refractivity contribution is 6.21. The van der Waals surface area contributed by atoms with Gasteiger partial charge in [-0.25, -0.2) is 0 Å². The average Bonchev–Trinajstić information content (AvgIpc) is 4.19. The van der Waals surface area contributed by atoms with Gasteiger partial charge in [0.05, 0.1) is 0 Å². The SMILES string of the molecule is c1ccc(N(c2ccc3c(c2)oc2cc4cc5c(cc4cc23)oc2cc(N(c3ccccc3)c3ccc4c(c3)oc3ccc6ccccc6c34)ccc25)c2ccc3c(c2)oc2ccc4ccccc4c23)cc1. The molecule has 0 aliphatic carbocycles. The van der Waals surface area contributed by atoms with Gasteiger partial charge in [0.15, 0.2) is 0 Å². The molecule has 6 nitrogen and oxygen atoms in total. The Morgan fingerprint density at radius 1 is 0.194 bits per heavy atom. The van der Waals surface area contributed by atoms with E-state index in [2.05, 4.69) is 228 Å². The van der Waals surface area contributed by atoms with Crippen molar-refractivity contribution in [2.24, 2.45) is 0 Å². The van der Waals surface area contributed by atoms with E-state index in [-0.39, 0.29) is 0 Å². The summed E-state index contributed by atoms with van der Waals surface area (Å²) in [5, 5.41) is 15.6. The van der Waals surface area contributed by atoms with Crippen LogP contribution in [0.2, 0.25) is 0 Å². The van der Waals surface area contributed by atoms with Crippen molar-refractivity contribution in [1.29, 1.82) is 0 Å². The molecule has 0 fully saturated rings. The second kappa shape index (κ2) is 14.9. The number of furan rings is 4. The van der Waals surface area contributed by atoms with E-state index in [1.165, 1.54) is 21.5 Å². The van der Waals surface area contributed by atoms with E-state index in [0.29, 0.717) is 0 Å². The van der Waals surface area contributed by atoms with E-state index in [0.717, 1.165) is 133 Å². The summed E-state index contributed by atoms with van der Waals surface area (Å²) in [6.45, 7) is 0. The number of benzene rings is 12. The molecule has 0 saturated carbocycles. The minimum atomic E-state index is 0.813. The lowest BCUT2D eigenvalue weighted by atomic mass is 10.0. The largest absolute Gasteiger partial charge is 0.456 e. The summed E-state index contributed by atoms with van der Waals surface area (Å²) in [6.07, 6.45) is 0. The lowest BCUT2D eigenvalue weighted by molar-refractivity contribution is 0.668. The van der Waals surface area contributed by atoms with Crippen LogP contribution >= 0.6 is 0 Å². The first kappa shape index (κ1) is 39.1. The predicted molar refractivity (Wildman–Crippen MR) is 297 cm³/mol. The summed E-state index contributed by atoms with van der Waals surface area (Å²) >= 11 is 0. The molecule has 0 N–H and O–H groups in total. The molecule has 16 aromatic rings. The fourth-order valence-electron chi connectivity index (χ4n) is 11.4. The molecule has 0 bridgehead atoms. The Hall–Kier alpha value is -9.78. The van der Waals surface area contributed by atoms with Crippen LogP contribution in [0.1, 0.15) is 0 Å². The van der Waals surface area contributed by atoms with E-state index >= 15 is 0 Å². The van der Waals surface area contributed by atoms with Gasteiger partial charge >= 0.3 is 0 Å². The van der Waals surface area contributed by atoms with Crippen LogP contribution in [-0.2, 0) is 0 Å². The summed E-state index contributed by atoms with van der Waals surface area (Å²) in [4.78, 5) is 4.52. The van der Waals surface area contributed by atoms with Gasteiger partial charge in [0.1, 0.15) is 44.7 Å². The summed E-state index contributed by atoms with van der Waals surface area (Å²) < 4.78 is 26.6. The van der Waals surface area contributed by atoms with Crippen molar-refractivity contribution >= 4 is 154 Å². The van der Waals surface area contributed by atoms with Crippen molar-refractivity contribution in [3.63, 3.8) is 0 Å². The summed E-state index contributed by atoms with van der Waals surface area (Å²) in [6, 6.07) is 81.2. The van der Waals surface area contributed by atoms with Gasteiger partial charge in [0, 0.05) is 101 Å². The number of anilines is 6. The smallest absolute Gasteiger partial charge is 0.137 e. The molecule has 6 heteroatoms. The quantitative estimate of drug-likeness (QED) is 0.166. The second-order valence-corrected chi connectivity index (χ2v) is 18.8. The topological polar surface area (TPSA) is 59.0 Å². The monoisotopic (exact) mass is 922 g/mol. The molecule has 0 unspecified atom stereocenters. The first-order valence-electron chi connectivity index (χ1n) is 24.3. The van der Waals surface area contributed by atoms with Crippen molar-refractivity contribution in [2.75, 3.05) is 9.80 Å². The fourth-order valence-corrected chi connectivity index (χ4v) is 11.4. The lowest BCUT2D eigenvalue weighted by Gasteiger charge is -2.25. The van der Waals surface area contributed by atoms with Crippen molar-refractivity contribution < 1.29 is 17.7 Å². The number of rotatable bonds is 6. The van der Waals surface area contributed by atoms with Crippen LogP contribution in [-0.4, -0.2) is 0 Å². The van der Waals surface area contributed by atoms with Crippen LogP contribution in [0.25, 0.3) is 120 Å². The Kier molecular flexibility index (Phi) is 8.07. The molecule has 0 spiro atoms. The van der Waals surface area contributed by atoms with Crippen molar-refractivity contribution in [3.8, 4) is 0 Å². The molecular weight excluding hydrogens is 885 g/mol. The van der Waals surface area contributed by atoms with Crippen LogP contribution in [0.15, 0.2) is 248 Å². The maximum absolute atomic E-state index is 6.76. The lowest BCUT2D eigenvalue weighted by Crippen LogP contribution is -2.09. The fraction of sp³-hybridized carbons (Fsp3) is 0. The minimum Gasteiger partial charge on any atom is -0.456 e. The normalized spacial score (nSPS) is 12.2. The molecular formula is C66H38N2O4. The molecule has 4 aromatic heterocycles. The molecule has 16 rings (SSSR count). The van der Waals surface area contributed by atoms with Gasteiger partial charge in [-0.1, -0.05) is 97.1 Å². The molecule has 336 valence electrons. The zero-order valence-electron chi connectivity index (χ0n) is 38.5. The Morgan fingerprint density at radius 2 is 0.542 bits per heavy atom. The summed E-state index contributed by atoms with van der Waals surface area (Å²) in [5.41, 5.74) is 12.8. The number of nitrogens with zero attached hydrogens (tertiary/aromatic N) is 2. The van der Waals surface area contributed by atoms with Crippen LogP contribution < -0.4 is 9.80 Å². The minimum absolute atomic E-state index is 0.813. The highest BCUT2D eigenvalue weighted by Crippen LogP contribution is 2.45. The van der Waals surface area contributed by atoms with Gasteiger partial charge in [0.2, 0.25) is 0 Å². The number of hydrogen-bond acceptors (Lipinski definition) is 6. The molecule has 0 aliphatic rings. The highest BCUT2D eigenvalue weighted by atomic mass is 16.3. The van der Waals surface area contributed by atoms with Crippen molar-refractivity contribution in [1.82, 2.24) is 0 Å². The Labute approximate surface area is 410 Å². The molecule has 0 amide bonds. The Bertz CT molecular complexity index is 4580. The van der Waals surface area contributed by atoms with Gasteiger partial charge < -0.3 is 27.5 Å². The number of fused-ring (bicyclic) bond motifs is 17. The van der Waals surface area contributed by atoms with Crippen LogP contribution in [0.5, 0.6) is 0 Å². The van der Waals surface area contributed by atoms with Gasteiger partial charge in [-0.15, -0.1) is 0 Å². The van der Waals surface area contributed by atoms with Crippen LogP contribution in [0.3, 0.4) is 0 Å². The second-order valence-electron chi connectivity index (χ2n) is 18.8. The number of para-hydroxylation sites is 2. The zero-order valence-corrected chi connectivity index (χ0v) is 38.5. The highest BCUT2D eigenvalue weighted by Gasteiger charge is 2.21. The van der Waals surface area contributed by atoms with E-state index < -0.39 is 0 Å². The van der Waals surface area contributed by atoms with Gasteiger partial charge in [-0.3, -0.25) is 0 Å². The Balaban J connectivity index is 0.780. The van der Waals surface area contributed by atoms with Crippen molar-refractivity contribution in [3.05, 3.63) is 231 Å². The zero-order chi connectivity index (χ0) is 47.0. The standard InChI is InChI=1S/C66H38N2O4/c1-3-13-43(14-4-1)67(47-23-27-53-63(37-47)69-57-29-19-39-11-7-9-17-49(39)65(53)57)45-21-25-51-55-31-41-34-60-56(32-42(41)33-59(55)71-61(51)35-45)52-26-22-46(36-62(52)72-60)68(44-15-5-2-6-16-44)48-24-28-54-64(38-48)70-58-30-20-40-12-8-10-18-50(40)66(54)58/h1-38H. The first-order valence-corrected chi connectivity index (χ1v) is 24.3. The first-order chi connectivity index (χ1) is 35.6. The maximum atomic E-state index is 6.76. The van der Waals surface area contributed by atoms with Crippen LogP contribution in [0.4, 0.5) is 34.1 Å². The van der Waals surface area contributed by atoms with E-state index in [4.69, 9.17) is 17.7 Å². The number of hydrogen-bond donors (Lipinski definition) is 0. The Morgan fingerprint density at radius 3 is 0.972 bits per heavy atom. The molecule has 12 aromatic carbocycles. The third-order valence-electron chi connectivity index (χ3n) is 14.7. The molecule has 4 heterocycles. The average molecular weight is 923 g/mol. The predicted octanol–water partition coefficient (Wildman–Crippen LogP) is 19.7. The molecule has 0 aliphatic heterocycles. The summed E-state index contributed by atoms with van der Waals surface area (Å²) in [5.74, 6) is 0. The van der Waals surface area contributed by atoms with Gasteiger partial charge in [-0.05, 0) is 142 Å². The third-order valence-corrected chi connectivity index (χ3v) is 14.7. The van der Waals surface area contributed by atoms with E-state index in [1.807, 2.05) is 12.1 Å². The van der Waals surface area contributed by atoms with Gasteiger partial charge in [0.25, 0.3) is 0 Å². The molecule has 0 radical (unpaired) electrons. The molecule has 0 atom stereocenters. The summed E-state index contributed by atoms with van der Waals surface area (Å²) in [7, 11) is 0. The van der Waals surface area contributed by atoms with Crippen molar-refractivity contribution in [2.45, 2.75) is 0 Å². The van der Waals surface area contributed by atoms with Gasteiger partial charge in [-0.2, -0.15) is 0 Å². The molecule has 72 heavy (non-hydrogen) atoms.